The third-order valence-electron chi connectivity index (χ3n) is 2.51. The van der Waals surface area contributed by atoms with E-state index in [9.17, 15) is 0 Å². The largest absolute Gasteiger partial charge is 0.373 e. The minimum atomic E-state index is 0.268. The highest BCUT2D eigenvalue weighted by Gasteiger charge is 2.02. The van der Waals surface area contributed by atoms with E-state index in [1.54, 1.807) is 7.05 Å². The van der Waals surface area contributed by atoms with Gasteiger partial charge in [-0.2, -0.15) is 9.97 Å². The molecule has 0 fully saturated rings. The molecule has 5 nitrogen and oxygen atoms in total. The van der Waals surface area contributed by atoms with Gasteiger partial charge in [-0.3, -0.25) is 0 Å². The molecule has 0 aromatic carbocycles. The van der Waals surface area contributed by atoms with Crippen molar-refractivity contribution in [1.29, 1.82) is 0 Å². The quantitative estimate of drug-likeness (QED) is 0.772. The predicted octanol–water partition coefficient (Wildman–Crippen LogP) is 2.34. The summed E-state index contributed by atoms with van der Waals surface area (Å²) in [6, 6.07) is 6.14. The Kier molecular flexibility index (Phi) is 3.99. The summed E-state index contributed by atoms with van der Waals surface area (Å²) < 4.78 is 0. The molecule has 0 saturated carbocycles. The number of thiophene rings is 1. The van der Waals surface area contributed by atoms with E-state index in [1.807, 2.05) is 17.4 Å². The number of hydrogen-bond acceptors (Lipinski definition) is 6. The maximum absolute atomic E-state index is 5.63. The fourth-order valence-electron chi connectivity index (χ4n) is 1.57. The third kappa shape index (κ3) is 3.10. The van der Waals surface area contributed by atoms with Crippen LogP contribution in [0.2, 0.25) is 0 Å². The van der Waals surface area contributed by atoms with E-state index < -0.39 is 0 Å². The number of nitrogens with zero attached hydrogens (tertiary/aromatic N) is 2. The van der Waals surface area contributed by atoms with Crippen molar-refractivity contribution in [3.63, 3.8) is 0 Å². The predicted molar refractivity (Wildman–Crippen MR) is 77.0 cm³/mol. The van der Waals surface area contributed by atoms with Crippen molar-refractivity contribution in [3.8, 4) is 0 Å². The molecule has 18 heavy (non-hydrogen) atoms. The molecule has 0 bridgehead atoms. The average molecular weight is 263 g/mol. The molecule has 4 N–H and O–H groups in total. The summed E-state index contributed by atoms with van der Waals surface area (Å²) in [5, 5.41) is 6.20. The maximum atomic E-state index is 5.63. The van der Waals surface area contributed by atoms with Crippen LogP contribution in [0, 0.1) is 0 Å². The van der Waals surface area contributed by atoms with Gasteiger partial charge in [0.2, 0.25) is 5.95 Å². The van der Waals surface area contributed by atoms with E-state index in [1.165, 1.54) is 9.75 Å². The number of anilines is 3. The van der Waals surface area contributed by atoms with E-state index in [4.69, 9.17) is 5.73 Å². The summed E-state index contributed by atoms with van der Waals surface area (Å²) >= 11 is 1.81. The van der Waals surface area contributed by atoms with Crippen molar-refractivity contribution < 1.29 is 0 Å². The molecule has 2 heterocycles. The Morgan fingerprint density at radius 2 is 1.94 bits per heavy atom. The van der Waals surface area contributed by atoms with Crippen LogP contribution in [0.1, 0.15) is 16.7 Å². The van der Waals surface area contributed by atoms with Crippen molar-refractivity contribution in [2.75, 3.05) is 23.4 Å². The number of hydrogen-bond donors (Lipinski definition) is 3. The second-order valence-electron chi connectivity index (χ2n) is 3.82. The van der Waals surface area contributed by atoms with Crippen LogP contribution >= 0.6 is 11.3 Å². The summed E-state index contributed by atoms with van der Waals surface area (Å²) in [6.45, 7) is 2.91. The summed E-state index contributed by atoms with van der Waals surface area (Å²) in [4.78, 5) is 10.9. The van der Waals surface area contributed by atoms with Gasteiger partial charge in [0.1, 0.15) is 11.6 Å². The Labute approximate surface area is 110 Å². The minimum Gasteiger partial charge on any atom is -0.373 e. The number of rotatable bonds is 5. The molecule has 6 heteroatoms. The Morgan fingerprint density at radius 1 is 1.22 bits per heavy atom. The van der Waals surface area contributed by atoms with Gasteiger partial charge in [0, 0.05) is 22.9 Å². The molecular weight excluding hydrogens is 246 g/mol. The van der Waals surface area contributed by atoms with E-state index in [0.29, 0.717) is 5.82 Å². The van der Waals surface area contributed by atoms with Crippen LogP contribution in [0.5, 0.6) is 0 Å². The highest BCUT2D eigenvalue weighted by Crippen LogP contribution is 2.19. The lowest BCUT2D eigenvalue weighted by molar-refractivity contribution is 1.11. The summed E-state index contributed by atoms with van der Waals surface area (Å²) in [6.07, 6.45) is 1.08. The monoisotopic (exact) mass is 263 g/mol. The Balaban J connectivity index is 2.03. The fourth-order valence-corrected chi connectivity index (χ4v) is 2.47. The number of nitrogens with one attached hydrogen (secondary N) is 2. The van der Waals surface area contributed by atoms with Gasteiger partial charge < -0.3 is 16.4 Å². The minimum absolute atomic E-state index is 0.268. The zero-order chi connectivity index (χ0) is 13.0. The molecule has 0 atom stereocenters. The van der Waals surface area contributed by atoms with Crippen LogP contribution in [-0.4, -0.2) is 17.0 Å². The van der Waals surface area contributed by atoms with Crippen molar-refractivity contribution in [1.82, 2.24) is 9.97 Å². The number of aryl methyl sites for hydroxylation is 1. The second kappa shape index (κ2) is 5.68. The van der Waals surface area contributed by atoms with Gasteiger partial charge in [-0.1, -0.05) is 6.92 Å². The zero-order valence-corrected chi connectivity index (χ0v) is 11.3. The van der Waals surface area contributed by atoms with E-state index in [0.717, 1.165) is 18.8 Å². The van der Waals surface area contributed by atoms with Gasteiger partial charge >= 0.3 is 0 Å². The van der Waals surface area contributed by atoms with Crippen LogP contribution in [0.3, 0.4) is 0 Å². The lowest BCUT2D eigenvalue weighted by Gasteiger charge is -2.06. The zero-order valence-electron chi connectivity index (χ0n) is 10.5. The van der Waals surface area contributed by atoms with Crippen LogP contribution in [-0.2, 0) is 13.0 Å². The highest BCUT2D eigenvalue weighted by atomic mass is 32.1. The molecule has 0 spiro atoms. The van der Waals surface area contributed by atoms with Gasteiger partial charge in [0.15, 0.2) is 0 Å². The third-order valence-corrected chi connectivity index (χ3v) is 3.74. The topological polar surface area (TPSA) is 75.9 Å². The first-order chi connectivity index (χ1) is 8.71. The molecular formula is C12H17N5S. The number of nitrogens with two attached hydrogens (primary N) is 1. The van der Waals surface area contributed by atoms with Crippen LogP contribution in [0.4, 0.5) is 17.6 Å². The Hall–Kier alpha value is -1.82. The second-order valence-corrected chi connectivity index (χ2v) is 5.07. The molecule has 0 unspecified atom stereocenters. The lowest BCUT2D eigenvalue weighted by Crippen LogP contribution is -2.05. The molecule has 96 valence electrons. The van der Waals surface area contributed by atoms with Crippen molar-refractivity contribution in [2.45, 2.75) is 19.9 Å². The van der Waals surface area contributed by atoms with Gasteiger partial charge in [-0.15, -0.1) is 11.3 Å². The summed E-state index contributed by atoms with van der Waals surface area (Å²) in [5.74, 6) is 1.72. The maximum Gasteiger partial charge on any atom is 0.223 e. The molecule has 2 rings (SSSR count). The number of nitrogen functional groups attached to an aromatic ring is 1. The summed E-state index contributed by atoms with van der Waals surface area (Å²) in [7, 11) is 1.80. The fraction of sp³-hybridized carbons (Fsp3) is 0.333. The molecule has 0 radical (unpaired) electrons. The molecule has 2 aromatic rings. The smallest absolute Gasteiger partial charge is 0.223 e. The first-order valence-corrected chi connectivity index (χ1v) is 6.66. The van der Waals surface area contributed by atoms with Crippen molar-refractivity contribution in [2.24, 2.45) is 0 Å². The Bertz CT molecular complexity index is 523. The van der Waals surface area contributed by atoms with Gasteiger partial charge in [0.05, 0.1) is 6.54 Å². The molecule has 0 aliphatic rings. The van der Waals surface area contributed by atoms with E-state index in [-0.39, 0.29) is 5.95 Å². The van der Waals surface area contributed by atoms with Crippen molar-refractivity contribution in [3.05, 3.63) is 28.0 Å². The van der Waals surface area contributed by atoms with Crippen LogP contribution in [0.25, 0.3) is 0 Å². The molecule has 0 amide bonds. The van der Waals surface area contributed by atoms with Gasteiger partial charge in [-0.25, -0.2) is 0 Å². The SMILES string of the molecule is CCc1ccc(CNc2cc(NC)nc(N)n2)s1. The first-order valence-electron chi connectivity index (χ1n) is 5.85. The molecule has 0 aliphatic heterocycles. The van der Waals surface area contributed by atoms with E-state index in [2.05, 4.69) is 39.7 Å². The van der Waals surface area contributed by atoms with Gasteiger partial charge in [-0.05, 0) is 18.6 Å². The van der Waals surface area contributed by atoms with E-state index >= 15 is 0 Å². The molecule has 0 aliphatic carbocycles. The van der Waals surface area contributed by atoms with Crippen LogP contribution in [0.15, 0.2) is 18.2 Å². The van der Waals surface area contributed by atoms with Crippen LogP contribution < -0.4 is 16.4 Å². The molecule has 0 saturated heterocycles. The van der Waals surface area contributed by atoms with Gasteiger partial charge in [0.25, 0.3) is 0 Å². The first kappa shape index (κ1) is 12.6. The Morgan fingerprint density at radius 3 is 2.61 bits per heavy atom. The lowest BCUT2D eigenvalue weighted by atomic mass is 10.3. The van der Waals surface area contributed by atoms with Crippen molar-refractivity contribution >= 4 is 28.9 Å². The standard InChI is InChI=1S/C12H17N5S/c1-3-8-4-5-9(18-8)7-15-11-6-10(14-2)16-12(13)17-11/h4-6H,3,7H2,1-2H3,(H4,13,14,15,16,17). The summed E-state index contributed by atoms with van der Waals surface area (Å²) in [5.41, 5.74) is 5.63. The molecule has 2 aromatic heterocycles. The average Bonchev–Trinajstić information content (AvgIpc) is 2.83. The highest BCUT2D eigenvalue weighted by molar-refractivity contribution is 7.12. The number of aromatic nitrogens is 2. The normalized spacial score (nSPS) is 10.3.